The van der Waals surface area contributed by atoms with Gasteiger partial charge in [0.2, 0.25) is 5.91 Å². The van der Waals surface area contributed by atoms with Crippen molar-refractivity contribution >= 4 is 11.9 Å². The fraction of sp³-hybridized carbons (Fsp3) is 0.474. The van der Waals surface area contributed by atoms with Crippen LogP contribution in [0.2, 0.25) is 0 Å². The molecule has 1 amide bonds. The number of allylic oxidation sites excluding steroid dienone is 1. The van der Waals surface area contributed by atoms with E-state index in [1.165, 1.54) is 12.0 Å². The lowest BCUT2D eigenvalue weighted by molar-refractivity contribution is -0.141. The molecule has 122 valence electrons. The molecule has 2 atom stereocenters. The standard InChI is InChI=1S/C19H23NO3/c21-18(11-14-7-3-1-4-8-14)20-12-16(17(13-20)19(22)23)15-9-5-2-6-10-15/h2,5-7,9-10,16-17H,1,3-4,8,11-13H2,(H,22,23)/t16-,17-/m1/s1. The van der Waals surface area contributed by atoms with Gasteiger partial charge in [0.15, 0.2) is 0 Å². The van der Waals surface area contributed by atoms with Crippen LogP contribution in [0, 0.1) is 5.92 Å². The minimum atomic E-state index is -0.814. The molecule has 3 rings (SSSR count). The van der Waals surface area contributed by atoms with Crippen LogP contribution in [0.4, 0.5) is 0 Å². The van der Waals surface area contributed by atoms with Gasteiger partial charge < -0.3 is 10.0 Å². The van der Waals surface area contributed by atoms with Crippen molar-refractivity contribution in [2.75, 3.05) is 13.1 Å². The maximum Gasteiger partial charge on any atom is 0.308 e. The smallest absolute Gasteiger partial charge is 0.308 e. The normalized spacial score (nSPS) is 24.3. The Labute approximate surface area is 136 Å². The second-order valence-corrected chi connectivity index (χ2v) is 6.55. The highest BCUT2D eigenvalue weighted by molar-refractivity contribution is 5.81. The average molecular weight is 313 g/mol. The lowest BCUT2D eigenvalue weighted by atomic mass is 9.89. The van der Waals surface area contributed by atoms with Crippen LogP contribution >= 0.6 is 0 Å². The van der Waals surface area contributed by atoms with E-state index in [0.717, 1.165) is 24.8 Å². The first-order valence-corrected chi connectivity index (χ1v) is 8.38. The molecule has 1 fully saturated rings. The monoisotopic (exact) mass is 313 g/mol. The quantitative estimate of drug-likeness (QED) is 0.868. The average Bonchev–Trinajstić information content (AvgIpc) is 3.02. The highest BCUT2D eigenvalue weighted by Crippen LogP contribution is 2.34. The zero-order chi connectivity index (χ0) is 16.2. The minimum Gasteiger partial charge on any atom is -0.481 e. The van der Waals surface area contributed by atoms with Gasteiger partial charge in [-0.15, -0.1) is 0 Å². The maximum atomic E-state index is 12.6. The fourth-order valence-electron chi connectivity index (χ4n) is 3.67. The molecule has 1 saturated heterocycles. The van der Waals surface area contributed by atoms with E-state index in [1.807, 2.05) is 30.3 Å². The van der Waals surface area contributed by atoms with Crippen molar-refractivity contribution in [3.63, 3.8) is 0 Å². The molecule has 4 nitrogen and oxygen atoms in total. The molecule has 1 aromatic carbocycles. The third kappa shape index (κ3) is 3.63. The third-order valence-electron chi connectivity index (χ3n) is 4.98. The van der Waals surface area contributed by atoms with Crippen molar-refractivity contribution in [2.24, 2.45) is 5.92 Å². The van der Waals surface area contributed by atoms with Crippen molar-refractivity contribution in [1.82, 2.24) is 4.90 Å². The van der Waals surface area contributed by atoms with Gasteiger partial charge in [-0.1, -0.05) is 42.0 Å². The lowest BCUT2D eigenvalue weighted by Gasteiger charge is -2.19. The first-order chi connectivity index (χ1) is 11.1. The van der Waals surface area contributed by atoms with E-state index in [4.69, 9.17) is 0 Å². The van der Waals surface area contributed by atoms with Gasteiger partial charge in [0.25, 0.3) is 0 Å². The molecule has 2 aliphatic rings. The number of likely N-dealkylation sites (tertiary alicyclic amines) is 1. The molecule has 0 bridgehead atoms. The van der Waals surface area contributed by atoms with E-state index >= 15 is 0 Å². The number of carboxylic acid groups (broad SMARTS) is 1. The van der Waals surface area contributed by atoms with Gasteiger partial charge in [0.1, 0.15) is 0 Å². The van der Waals surface area contributed by atoms with Gasteiger partial charge in [-0.25, -0.2) is 0 Å². The molecule has 0 radical (unpaired) electrons. The van der Waals surface area contributed by atoms with Crippen molar-refractivity contribution in [1.29, 1.82) is 0 Å². The molecule has 0 spiro atoms. The summed E-state index contributed by atoms with van der Waals surface area (Å²) in [5.74, 6) is -1.37. The van der Waals surface area contributed by atoms with Gasteiger partial charge >= 0.3 is 5.97 Å². The third-order valence-corrected chi connectivity index (χ3v) is 4.98. The summed E-state index contributed by atoms with van der Waals surface area (Å²) in [5.41, 5.74) is 2.23. The van der Waals surface area contributed by atoms with Crippen LogP contribution in [0.5, 0.6) is 0 Å². The summed E-state index contributed by atoms with van der Waals surface area (Å²) in [4.78, 5) is 25.9. The zero-order valence-corrected chi connectivity index (χ0v) is 13.3. The van der Waals surface area contributed by atoms with E-state index in [1.54, 1.807) is 4.90 Å². The van der Waals surface area contributed by atoms with Crippen LogP contribution in [0.3, 0.4) is 0 Å². The lowest BCUT2D eigenvalue weighted by Crippen LogP contribution is -2.30. The van der Waals surface area contributed by atoms with Crippen molar-refractivity contribution < 1.29 is 14.7 Å². The predicted molar refractivity (Wildman–Crippen MR) is 88.1 cm³/mol. The van der Waals surface area contributed by atoms with E-state index in [2.05, 4.69) is 6.08 Å². The molecule has 1 heterocycles. The number of carboxylic acids is 1. The molecule has 1 aliphatic heterocycles. The SMILES string of the molecule is O=C(O)[C@@H]1CN(C(=O)CC2=CCCCC2)C[C@@H]1c1ccccc1. The highest BCUT2D eigenvalue weighted by Gasteiger charge is 2.40. The highest BCUT2D eigenvalue weighted by atomic mass is 16.4. The summed E-state index contributed by atoms with van der Waals surface area (Å²) in [5, 5.41) is 9.52. The molecule has 0 aromatic heterocycles. The van der Waals surface area contributed by atoms with Crippen LogP contribution in [0.1, 0.15) is 43.6 Å². The predicted octanol–water partition coefficient (Wildman–Crippen LogP) is 3.20. The fourth-order valence-corrected chi connectivity index (χ4v) is 3.67. The van der Waals surface area contributed by atoms with Crippen molar-refractivity contribution in [3.8, 4) is 0 Å². The number of rotatable bonds is 4. The Hall–Kier alpha value is -2.10. The van der Waals surface area contributed by atoms with Gasteiger partial charge in [-0.05, 0) is 31.2 Å². The molecule has 0 saturated carbocycles. The number of hydrogen-bond donors (Lipinski definition) is 1. The number of carbonyl (C=O) groups is 2. The second kappa shape index (κ2) is 6.99. The first kappa shape index (κ1) is 15.8. The Morgan fingerprint density at radius 2 is 1.91 bits per heavy atom. The molecule has 0 unspecified atom stereocenters. The number of aliphatic carboxylic acids is 1. The minimum absolute atomic E-state index is 0.0721. The maximum absolute atomic E-state index is 12.6. The van der Waals surface area contributed by atoms with Crippen LogP contribution in [-0.2, 0) is 9.59 Å². The van der Waals surface area contributed by atoms with Crippen molar-refractivity contribution in [3.05, 3.63) is 47.5 Å². The first-order valence-electron chi connectivity index (χ1n) is 8.38. The number of amides is 1. The molecule has 1 N–H and O–H groups in total. The summed E-state index contributed by atoms with van der Waals surface area (Å²) in [6.45, 7) is 0.827. The Morgan fingerprint density at radius 3 is 2.57 bits per heavy atom. The molecule has 4 heteroatoms. The second-order valence-electron chi connectivity index (χ2n) is 6.55. The summed E-state index contributed by atoms with van der Waals surface area (Å²) in [6, 6.07) is 9.68. The Balaban J connectivity index is 1.71. The van der Waals surface area contributed by atoms with Crippen LogP contribution in [0.15, 0.2) is 42.0 Å². The van der Waals surface area contributed by atoms with Gasteiger partial charge in [-0.2, -0.15) is 0 Å². The zero-order valence-electron chi connectivity index (χ0n) is 13.3. The van der Waals surface area contributed by atoms with Gasteiger partial charge in [0, 0.05) is 25.4 Å². The Bertz CT molecular complexity index is 608. The van der Waals surface area contributed by atoms with E-state index < -0.39 is 11.9 Å². The topological polar surface area (TPSA) is 57.6 Å². The molecule has 1 aromatic rings. The van der Waals surface area contributed by atoms with Crippen LogP contribution < -0.4 is 0 Å². The number of benzene rings is 1. The van der Waals surface area contributed by atoms with Crippen molar-refractivity contribution in [2.45, 2.75) is 38.0 Å². The molecular formula is C19H23NO3. The summed E-state index contributed by atoms with van der Waals surface area (Å²) in [7, 11) is 0. The Morgan fingerprint density at radius 1 is 1.13 bits per heavy atom. The van der Waals surface area contributed by atoms with Gasteiger partial charge in [-0.3, -0.25) is 9.59 Å². The molecule has 23 heavy (non-hydrogen) atoms. The number of hydrogen-bond acceptors (Lipinski definition) is 2. The summed E-state index contributed by atoms with van der Waals surface area (Å²) >= 11 is 0. The van der Waals surface area contributed by atoms with Crippen LogP contribution in [0.25, 0.3) is 0 Å². The van der Waals surface area contributed by atoms with Gasteiger partial charge in [0.05, 0.1) is 5.92 Å². The summed E-state index contributed by atoms with van der Waals surface area (Å²) < 4.78 is 0. The molecular weight excluding hydrogens is 290 g/mol. The van der Waals surface area contributed by atoms with E-state index in [9.17, 15) is 14.7 Å². The van der Waals surface area contributed by atoms with Crippen LogP contribution in [-0.4, -0.2) is 35.0 Å². The number of carbonyl (C=O) groups excluding carboxylic acids is 1. The molecule has 1 aliphatic carbocycles. The largest absolute Gasteiger partial charge is 0.481 e. The van der Waals surface area contributed by atoms with E-state index in [-0.39, 0.29) is 11.8 Å². The number of nitrogens with zero attached hydrogens (tertiary/aromatic N) is 1. The summed E-state index contributed by atoms with van der Waals surface area (Å²) in [6.07, 6.45) is 7.06. The Kier molecular flexibility index (Phi) is 4.79. The van der Waals surface area contributed by atoms with E-state index in [0.29, 0.717) is 19.5 Å².